The van der Waals surface area contributed by atoms with E-state index in [0.29, 0.717) is 5.56 Å². The number of hydrogen-bond acceptors (Lipinski definition) is 17. The molecule has 2 N–H and O–H groups in total. The number of carbonyl (C=O) groups is 7. The molecule has 5 rings (SSSR count). The van der Waals surface area contributed by atoms with Gasteiger partial charge in [0, 0.05) is 34.6 Å². The summed E-state index contributed by atoms with van der Waals surface area (Å²) in [5.74, 6) is -10.1. The molecule has 2 aliphatic heterocycles. The highest BCUT2D eigenvalue weighted by Gasteiger charge is 2.90. The summed E-state index contributed by atoms with van der Waals surface area (Å²) in [4.78, 5) is 92.6. The zero-order valence-electron chi connectivity index (χ0n) is 31.4. The first-order valence-corrected chi connectivity index (χ1v) is 17.5. The molecule has 17 heteroatoms. The van der Waals surface area contributed by atoms with Gasteiger partial charge in [-0.15, -0.1) is 0 Å². The van der Waals surface area contributed by atoms with Gasteiger partial charge in [-0.25, -0.2) is 4.79 Å². The standard InChI is InChI=1S/C37H46O17/c1-16-17(2)32(44)53-29-27(50-20(5)40)31(52-22(7)42)36(15-47-18(3)38)30(51-21(6)41)26(49-19(4)39)25-28(43)37(36,35(29,9)46)54-34(25,8)14-48-33(45)24-13-11-10-12-23(16)24/h10-13,16-17,25-31,43,46H,14-15H2,1-9H3/t16?,17?,25?,26-,27+,28-,29?,30-,31+,34+,35+,36-,37?/m1/s1. The molecule has 296 valence electrons. The van der Waals surface area contributed by atoms with E-state index in [1.54, 1.807) is 25.1 Å². The molecule has 5 unspecified atom stereocenters. The van der Waals surface area contributed by atoms with Gasteiger partial charge in [0.2, 0.25) is 0 Å². The van der Waals surface area contributed by atoms with Gasteiger partial charge in [-0.3, -0.25) is 28.8 Å². The molecule has 0 radical (unpaired) electrons. The van der Waals surface area contributed by atoms with Crippen LogP contribution in [0.4, 0.5) is 0 Å². The first-order valence-electron chi connectivity index (χ1n) is 17.5. The molecule has 1 spiro atoms. The highest BCUT2D eigenvalue weighted by Crippen LogP contribution is 2.69. The molecule has 54 heavy (non-hydrogen) atoms. The fourth-order valence-electron chi connectivity index (χ4n) is 9.12. The Bertz CT molecular complexity index is 1740. The minimum absolute atomic E-state index is 0.0865. The van der Waals surface area contributed by atoms with Gasteiger partial charge in [0.25, 0.3) is 0 Å². The van der Waals surface area contributed by atoms with Gasteiger partial charge in [0.1, 0.15) is 41.5 Å². The Labute approximate surface area is 310 Å². The Kier molecular flexibility index (Phi) is 10.7. The topological polar surface area (TPSA) is 234 Å². The fraction of sp³-hybridized carbons (Fsp3) is 0.649. The molecular formula is C37H46O17. The van der Waals surface area contributed by atoms with Crippen LogP contribution in [0.5, 0.6) is 0 Å². The van der Waals surface area contributed by atoms with Crippen molar-refractivity contribution >= 4 is 41.8 Å². The molecule has 1 aromatic rings. The Morgan fingerprint density at radius 1 is 0.796 bits per heavy atom. The maximum Gasteiger partial charge on any atom is 0.338 e. The summed E-state index contributed by atoms with van der Waals surface area (Å²) >= 11 is 0. The van der Waals surface area contributed by atoms with Crippen LogP contribution in [0.1, 0.15) is 84.2 Å². The minimum atomic E-state index is -2.76. The van der Waals surface area contributed by atoms with Crippen LogP contribution in [0.2, 0.25) is 0 Å². The van der Waals surface area contributed by atoms with E-state index in [4.69, 9.17) is 37.9 Å². The number of esters is 7. The van der Waals surface area contributed by atoms with Gasteiger partial charge in [0.15, 0.2) is 24.4 Å². The van der Waals surface area contributed by atoms with Crippen LogP contribution in [0.15, 0.2) is 24.3 Å². The van der Waals surface area contributed by atoms with E-state index in [9.17, 15) is 43.8 Å². The number of benzene rings is 1. The first kappa shape index (κ1) is 40.6. The first-order chi connectivity index (χ1) is 25.1. The Morgan fingerprint density at radius 2 is 1.33 bits per heavy atom. The van der Waals surface area contributed by atoms with Crippen molar-refractivity contribution in [2.45, 2.75) is 122 Å². The summed E-state index contributed by atoms with van der Waals surface area (Å²) < 4.78 is 47.7. The maximum atomic E-state index is 14.2. The van der Waals surface area contributed by atoms with E-state index in [-0.39, 0.29) is 5.56 Å². The quantitative estimate of drug-likeness (QED) is 0.305. The molecule has 3 fully saturated rings. The lowest BCUT2D eigenvalue weighted by atomic mass is 9.45. The van der Waals surface area contributed by atoms with E-state index in [1.165, 1.54) is 19.9 Å². The molecule has 2 saturated carbocycles. The average molecular weight is 763 g/mol. The molecule has 1 aromatic carbocycles. The molecule has 13 atom stereocenters. The molecule has 17 nitrogen and oxygen atoms in total. The smallest absolute Gasteiger partial charge is 0.338 e. The summed E-state index contributed by atoms with van der Waals surface area (Å²) in [5.41, 5.74) is -9.52. The highest BCUT2D eigenvalue weighted by molar-refractivity contribution is 5.91. The van der Waals surface area contributed by atoms with Gasteiger partial charge < -0.3 is 48.1 Å². The number of ether oxygens (including phenoxy) is 8. The number of rotatable bonds is 6. The number of carbonyl (C=O) groups excluding carboxylic acids is 7. The lowest BCUT2D eigenvalue weighted by Gasteiger charge is -2.67. The third kappa shape index (κ3) is 6.19. The van der Waals surface area contributed by atoms with Crippen LogP contribution in [0.25, 0.3) is 0 Å². The number of cyclic esters (lactones) is 1. The van der Waals surface area contributed by atoms with Crippen molar-refractivity contribution in [3.63, 3.8) is 0 Å². The molecule has 1 saturated heterocycles. The van der Waals surface area contributed by atoms with Crippen molar-refractivity contribution in [3.8, 4) is 0 Å². The molecule has 2 heterocycles. The van der Waals surface area contributed by atoms with Crippen LogP contribution in [0, 0.1) is 17.3 Å². The van der Waals surface area contributed by atoms with Gasteiger partial charge in [-0.05, 0) is 31.4 Å². The second-order valence-electron chi connectivity index (χ2n) is 14.9. The third-order valence-electron chi connectivity index (χ3n) is 11.3. The predicted molar refractivity (Wildman–Crippen MR) is 178 cm³/mol. The van der Waals surface area contributed by atoms with Crippen molar-refractivity contribution in [2.75, 3.05) is 13.2 Å². The van der Waals surface area contributed by atoms with Gasteiger partial charge >= 0.3 is 41.8 Å². The summed E-state index contributed by atoms with van der Waals surface area (Å²) in [6.07, 6.45) is -11.9. The molecular weight excluding hydrogens is 716 g/mol. The second kappa shape index (κ2) is 14.2. The predicted octanol–water partition coefficient (Wildman–Crippen LogP) is 1.07. The number of hydrogen-bond donors (Lipinski definition) is 2. The van der Waals surface area contributed by atoms with E-state index in [2.05, 4.69) is 0 Å². The summed E-state index contributed by atoms with van der Waals surface area (Å²) in [6, 6.07) is 6.36. The van der Waals surface area contributed by atoms with Crippen LogP contribution >= 0.6 is 0 Å². The molecule has 4 bridgehead atoms. The number of aliphatic hydroxyl groups is 2. The molecule has 2 aliphatic carbocycles. The zero-order chi connectivity index (χ0) is 40.3. The molecule has 0 aromatic heterocycles. The van der Waals surface area contributed by atoms with Crippen molar-refractivity contribution in [3.05, 3.63) is 35.4 Å². The van der Waals surface area contributed by atoms with Crippen LogP contribution < -0.4 is 0 Å². The van der Waals surface area contributed by atoms with Crippen LogP contribution in [-0.4, -0.2) is 119 Å². The average Bonchev–Trinajstić information content (AvgIpc) is 3.27. The Hall–Kier alpha value is -4.61. The fourth-order valence-corrected chi connectivity index (χ4v) is 9.12. The number of aliphatic hydroxyl groups excluding tert-OH is 1. The largest absolute Gasteiger partial charge is 0.465 e. The second-order valence-corrected chi connectivity index (χ2v) is 14.9. The molecule has 4 aliphatic rings. The maximum absolute atomic E-state index is 14.2. The zero-order valence-corrected chi connectivity index (χ0v) is 31.4. The molecule has 0 amide bonds. The van der Waals surface area contributed by atoms with E-state index in [1.807, 2.05) is 0 Å². The Morgan fingerprint density at radius 3 is 1.89 bits per heavy atom. The highest BCUT2D eigenvalue weighted by atomic mass is 16.7. The van der Waals surface area contributed by atoms with Crippen LogP contribution in [0.3, 0.4) is 0 Å². The monoisotopic (exact) mass is 762 g/mol. The van der Waals surface area contributed by atoms with E-state index < -0.39 is 132 Å². The summed E-state index contributed by atoms with van der Waals surface area (Å²) in [7, 11) is 0. The SMILES string of the molecule is CC(=O)OC[C@]12[C@H](OC(C)=O)[C@H](OC(C)=O)C3[C@@H](O)C14O[C@@]3(C)COC(=O)c1ccccc1C(C)C(C)C(=O)OC([C@H](OC(C)=O)[C@@H]2OC(C)=O)[C@]4(C)O. The normalized spacial score (nSPS) is 39.8. The third-order valence-corrected chi connectivity index (χ3v) is 11.3. The van der Waals surface area contributed by atoms with Crippen molar-refractivity contribution < 1.29 is 81.7 Å². The lowest BCUT2D eigenvalue weighted by Crippen LogP contribution is -2.89. The lowest BCUT2D eigenvalue weighted by molar-refractivity contribution is -0.386. The van der Waals surface area contributed by atoms with Crippen molar-refractivity contribution in [1.82, 2.24) is 0 Å². The summed E-state index contributed by atoms with van der Waals surface area (Å²) in [5, 5.41) is 25.9. The van der Waals surface area contributed by atoms with E-state index in [0.717, 1.165) is 41.5 Å². The van der Waals surface area contributed by atoms with Gasteiger partial charge in [-0.2, -0.15) is 0 Å². The van der Waals surface area contributed by atoms with Crippen LogP contribution in [-0.2, 0) is 66.7 Å². The minimum Gasteiger partial charge on any atom is -0.465 e. The van der Waals surface area contributed by atoms with Crippen molar-refractivity contribution in [1.29, 1.82) is 0 Å². The summed E-state index contributed by atoms with van der Waals surface area (Å²) in [6.45, 7) is 8.95. The number of fused-ring (bicyclic) bond motifs is 5. The van der Waals surface area contributed by atoms with E-state index >= 15 is 0 Å². The van der Waals surface area contributed by atoms with Gasteiger partial charge in [0.05, 0.1) is 23.5 Å². The van der Waals surface area contributed by atoms with Gasteiger partial charge in [-0.1, -0.05) is 32.0 Å². The van der Waals surface area contributed by atoms with Crippen molar-refractivity contribution in [2.24, 2.45) is 17.3 Å². The Balaban J connectivity index is 1.95.